The van der Waals surface area contributed by atoms with Gasteiger partial charge in [0.15, 0.2) is 0 Å². The van der Waals surface area contributed by atoms with Crippen molar-refractivity contribution >= 4 is 5.91 Å². The summed E-state index contributed by atoms with van der Waals surface area (Å²) in [5, 5.41) is 14.8. The summed E-state index contributed by atoms with van der Waals surface area (Å²) < 4.78 is 0. The quantitative estimate of drug-likeness (QED) is 0.570. The standard InChI is InChI=1S/C11H22N2O2/c1-9(2)13-10(15)7-12-8-11(3-4-11)5-6-14/h9,12,14H,3-8H2,1-2H3,(H,13,15). The van der Waals surface area contributed by atoms with E-state index < -0.39 is 0 Å². The Bertz CT molecular complexity index is 213. The largest absolute Gasteiger partial charge is 0.396 e. The summed E-state index contributed by atoms with van der Waals surface area (Å²) >= 11 is 0. The molecule has 1 aliphatic carbocycles. The summed E-state index contributed by atoms with van der Waals surface area (Å²) in [5.41, 5.74) is 0.285. The Morgan fingerprint density at radius 1 is 1.47 bits per heavy atom. The Labute approximate surface area is 91.4 Å². The molecule has 0 radical (unpaired) electrons. The van der Waals surface area contributed by atoms with Crippen LogP contribution in [0, 0.1) is 5.41 Å². The fraction of sp³-hybridized carbons (Fsp3) is 0.909. The third kappa shape index (κ3) is 4.62. The highest BCUT2D eigenvalue weighted by atomic mass is 16.3. The van der Waals surface area contributed by atoms with E-state index in [4.69, 9.17) is 5.11 Å². The Hall–Kier alpha value is -0.610. The van der Waals surface area contributed by atoms with E-state index in [1.54, 1.807) is 0 Å². The summed E-state index contributed by atoms with van der Waals surface area (Å²) in [4.78, 5) is 11.3. The van der Waals surface area contributed by atoms with Gasteiger partial charge in [0.25, 0.3) is 0 Å². The van der Waals surface area contributed by atoms with E-state index in [0.29, 0.717) is 6.54 Å². The second-order valence-corrected chi connectivity index (χ2v) is 4.80. The maximum absolute atomic E-state index is 11.3. The Balaban J connectivity index is 2.08. The van der Waals surface area contributed by atoms with E-state index >= 15 is 0 Å². The highest BCUT2D eigenvalue weighted by Gasteiger charge is 2.41. The SMILES string of the molecule is CC(C)NC(=O)CNCC1(CCO)CC1. The highest BCUT2D eigenvalue weighted by Crippen LogP contribution is 2.47. The molecule has 0 aromatic rings. The number of rotatable bonds is 7. The lowest BCUT2D eigenvalue weighted by Crippen LogP contribution is -2.39. The van der Waals surface area contributed by atoms with Gasteiger partial charge in [-0.25, -0.2) is 0 Å². The summed E-state index contributed by atoms with van der Waals surface area (Å²) in [6.07, 6.45) is 3.20. The van der Waals surface area contributed by atoms with Crippen LogP contribution in [-0.4, -0.2) is 36.8 Å². The van der Waals surface area contributed by atoms with Crippen LogP contribution in [0.25, 0.3) is 0 Å². The molecule has 1 amide bonds. The molecule has 0 aromatic heterocycles. The second kappa shape index (κ2) is 5.47. The zero-order valence-electron chi connectivity index (χ0n) is 9.68. The van der Waals surface area contributed by atoms with E-state index in [-0.39, 0.29) is 24.0 Å². The van der Waals surface area contributed by atoms with E-state index in [1.807, 2.05) is 13.8 Å². The lowest BCUT2D eigenvalue weighted by atomic mass is 10.0. The molecule has 1 fully saturated rings. The molecule has 0 unspecified atom stereocenters. The molecule has 0 spiro atoms. The Kier molecular flexibility index (Phi) is 4.54. The van der Waals surface area contributed by atoms with E-state index in [2.05, 4.69) is 10.6 Å². The van der Waals surface area contributed by atoms with Crippen molar-refractivity contribution in [3.8, 4) is 0 Å². The third-order valence-corrected chi connectivity index (χ3v) is 2.83. The first-order valence-electron chi connectivity index (χ1n) is 5.69. The lowest BCUT2D eigenvalue weighted by Gasteiger charge is -2.15. The van der Waals surface area contributed by atoms with E-state index in [1.165, 1.54) is 12.8 Å². The molecular formula is C11H22N2O2. The maximum atomic E-state index is 11.3. The fourth-order valence-corrected chi connectivity index (χ4v) is 1.74. The summed E-state index contributed by atoms with van der Waals surface area (Å²) in [6.45, 7) is 5.38. The van der Waals surface area contributed by atoms with Gasteiger partial charge in [-0.2, -0.15) is 0 Å². The summed E-state index contributed by atoms with van der Waals surface area (Å²) in [5.74, 6) is 0.0461. The van der Waals surface area contributed by atoms with Gasteiger partial charge in [-0.15, -0.1) is 0 Å². The van der Waals surface area contributed by atoms with E-state index in [0.717, 1.165) is 13.0 Å². The van der Waals surface area contributed by atoms with Crippen molar-refractivity contribution < 1.29 is 9.90 Å². The third-order valence-electron chi connectivity index (χ3n) is 2.83. The topological polar surface area (TPSA) is 61.4 Å². The number of carbonyl (C=O) groups is 1. The van der Waals surface area contributed by atoms with Gasteiger partial charge in [-0.3, -0.25) is 4.79 Å². The monoisotopic (exact) mass is 214 g/mol. The van der Waals surface area contributed by atoms with Gasteiger partial charge in [-0.05, 0) is 38.5 Å². The first-order chi connectivity index (χ1) is 7.08. The van der Waals surface area contributed by atoms with Crippen LogP contribution in [-0.2, 0) is 4.79 Å². The number of aliphatic hydroxyl groups is 1. The molecule has 0 heterocycles. The number of hydrogen-bond donors (Lipinski definition) is 3. The normalized spacial score (nSPS) is 17.9. The van der Waals surface area contributed by atoms with Gasteiger partial charge >= 0.3 is 0 Å². The predicted molar refractivity (Wildman–Crippen MR) is 59.5 cm³/mol. The minimum atomic E-state index is 0.0461. The number of amides is 1. The first-order valence-corrected chi connectivity index (χ1v) is 5.69. The molecule has 88 valence electrons. The minimum Gasteiger partial charge on any atom is -0.396 e. The number of aliphatic hydroxyl groups excluding tert-OH is 1. The van der Waals surface area contributed by atoms with Crippen LogP contribution >= 0.6 is 0 Å². The van der Waals surface area contributed by atoms with Crippen molar-refractivity contribution in [2.24, 2.45) is 5.41 Å². The van der Waals surface area contributed by atoms with Crippen LogP contribution in [0.5, 0.6) is 0 Å². The average molecular weight is 214 g/mol. The van der Waals surface area contributed by atoms with Crippen molar-refractivity contribution in [2.45, 2.75) is 39.2 Å². The molecule has 4 heteroatoms. The molecule has 1 saturated carbocycles. The van der Waals surface area contributed by atoms with Crippen LogP contribution in [0.3, 0.4) is 0 Å². The van der Waals surface area contributed by atoms with Crippen LogP contribution in [0.2, 0.25) is 0 Å². The smallest absolute Gasteiger partial charge is 0.234 e. The van der Waals surface area contributed by atoms with Crippen molar-refractivity contribution in [3.05, 3.63) is 0 Å². The molecule has 0 saturated heterocycles. The molecule has 4 nitrogen and oxygen atoms in total. The zero-order valence-corrected chi connectivity index (χ0v) is 9.68. The van der Waals surface area contributed by atoms with E-state index in [9.17, 15) is 4.79 Å². The summed E-state index contributed by atoms with van der Waals surface area (Å²) in [7, 11) is 0. The first kappa shape index (κ1) is 12.5. The molecule has 0 aromatic carbocycles. The minimum absolute atomic E-state index is 0.0461. The molecule has 15 heavy (non-hydrogen) atoms. The van der Waals surface area contributed by atoms with Crippen LogP contribution in [0.1, 0.15) is 33.1 Å². The van der Waals surface area contributed by atoms with Crippen molar-refractivity contribution in [2.75, 3.05) is 19.7 Å². The molecule has 1 aliphatic rings. The Morgan fingerprint density at radius 3 is 2.60 bits per heavy atom. The number of hydrogen-bond acceptors (Lipinski definition) is 3. The van der Waals surface area contributed by atoms with Crippen molar-refractivity contribution in [3.63, 3.8) is 0 Å². The summed E-state index contributed by atoms with van der Waals surface area (Å²) in [6, 6.07) is 0.201. The molecule has 0 atom stereocenters. The van der Waals surface area contributed by atoms with Crippen molar-refractivity contribution in [1.29, 1.82) is 0 Å². The maximum Gasteiger partial charge on any atom is 0.234 e. The molecular weight excluding hydrogens is 192 g/mol. The van der Waals surface area contributed by atoms with Gasteiger partial charge in [0.2, 0.25) is 5.91 Å². The average Bonchev–Trinajstić information content (AvgIpc) is 2.84. The predicted octanol–water partition coefficient (Wildman–Crippen LogP) is 0.263. The fourth-order valence-electron chi connectivity index (χ4n) is 1.74. The van der Waals surface area contributed by atoms with Gasteiger partial charge in [0, 0.05) is 19.2 Å². The highest BCUT2D eigenvalue weighted by molar-refractivity contribution is 5.78. The lowest BCUT2D eigenvalue weighted by molar-refractivity contribution is -0.120. The molecule has 0 bridgehead atoms. The van der Waals surface area contributed by atoms with Crippen LogP contribution in [0.15, 0.2) is 0 Å². The molecule has 1 rings (SSSR count). The Morgan fingerprint density at radius 2 is 2.13 bits per heavy atom. The van der Waals surface area contributed by atoms with Gasteiger partial charge in [0.05, 0.1) is 6.54 Å². The number of nitrogens with one attached hydrogen (secondary N) is 2. The van der Waals surface area contributed by atoms with Crippen LogP contribution in [0.4, 0.5) is 0 Å². The van der Waals surface area contributed by atoms with Gasteiger partial charge in [0.1, 0.15) is 0 Å². The second-order valence-electron chi connectivity index (χ2n) is 4.80. The zero-order chi connectivity index (χ0) is 11.3. The molecule has 3 N–H and O–H groups in total. The molecule has 0 aliphatic heterocycles. The van der Waals surface area contributed by atoms with Crippen LogP contribution < -0.4 is 10.6 Å². The number of carbonyl (C=O) groups excluding carboxylic acids is 1. The van der Waals surface area contributed by atoms with Crippen molar-refractivity contribution in [1.82, 2.24) is 10.6 Å². The van der Waals surface area contributed by atoms with Gasteiger partial charge < -0.3 is 15.7 Å². The van der Waals surface area contributed by atoms with Gasteiger partial charge in [-0.1, -0.05) is 0 Å².